The normalized spacial score (nSPS) is 9.09. The minimum atomic E-state index is 0.187. The first kappa shape index (κ1) is 7.54. The summed E-state index contributed by atoms with van der Waals surface area (Å²) in [4.78, 5) is 10.2. The molecule has 0 radical (unpaired) electrons. The summed E-state index contributed by atoms with van der Waals surface area (Å²) in [6.07, 6.45) is 0.687. The van der Waals surface area contributed by atoms with Crippen molar-refractivity contribution in [3.63, 3.8) is 0 Å². The van der Waals surface area contributed by atoms with Gasteiger partial charge in [-0.05, 0) is 17.7 Å². The van der Waals surface area contributed by atoms with Crippen LogP contribution in [0.25, 0.3) is 5.57 Å². The molecule has 2 heteroatoms. The lowest BCUT2D eigenvalue weighted by Crippen LogP contribution is -1.81. The Bertz CT molecular complexity index is 272. The molecule has 0 spiro atoms. The molecule has 0 heterocycles. The van der Waals surface area contributed by atoms with Crippen molar-refractivity contribution in [2.75, 3.05) is 0 Å². The predicted octanol–water partition coefficient (Wildman–Crippen LogP) is 1.60. The molecule has 1 rings (SSSR count). The van der Waals surface area contributed by atoms with Crippen molar-refractivity contribution in [1.29, 1.82) is 0 Å². The van der Waals surface area contributed by atoms with Gasteiger partial charge in [0.05, 0.1) is 0 Å². The first-order valence-corrected chi connectivity index (χ1v) is 3.17. The van der Waals surface area contributed by atoms with Crippen molar-refractivity contribution in [2.45, 2.75) is 0 Å². The number of rotatable bonds is 2. The molecule has 0 aliphatic carbocycles. The van der Waals surface area contributed by atoms with Crippen LogP contribution in [0.1, 0.15) is 5.56 Å². The molecule has 1 N–H and O–H groups in total. The third-order valence-corrected chi connectivity index (χ3v) is 1.38. The summed E-state index contributed by atoms with van der Waals surface area (Å²) in [5, 5.41) is 8.89. The van der Waals surface area contributed by atoms with Crippen LogP contribution in [-0.2, 0) is 4.79 Å². The Morgan fingerprint density at radius 3 is 2.36 bits per heavy atom. The van der Waals surface area contributed by atoms with Crippen molar-refractivity contribution >= 4 is 11.9 Å². The topological polar surface area (TPSA) is 37.3 Å². The summed E-state index contributed by atoms with van der Waals surface area (Å²) >= 11 is 0. The van der Waals surface area contributed by atoms with Gasteiger partial charge < -0.3 is 5.11 Å². The maximum Gasteiger partial charge on any atom is 0.150 e. The number of phenols is 1. The van der Waals surface area contributed by atoms with Crippen molar-refractivity contribution in [2.24, 2.45) is 0 Å². The quantitative estimate of drug-likeness (QED) is 0.511. The van der Waals surface area contributed by atoms with Crippen molar-refractivity contribution < 1.29 is 9.90 Å². The van der Waals surface area contributed by atoms with Gasteiger partial charge in [-0.25, -0.2) is 0 Å². The van der Waals surface area contributed by atoms with Gasteiger partial charge in [-0.2, -0.15) is 0 Å². The summed E-state index contributed by atoms with van der Waals surface area (Å²) in [7, 11) is 0. The lowest BCUT2D eigenvalue weighted by Gasteiger charge is -1.96. The third kappa shape index (κ3) is 1.67. The minimum Gasteiger partial charge on any atom is -0.508 e. The zero-order valence-corrected chi connectivity index (χ0v) is 5.95. The van der Waals surface area contributed by atoms with Crippen LogP contribution in [0.15, 0.2) is 30.8 Å². The molecule has 1 aromatic carbocycles. The number of benzene rings is 1. The molecule has 0 aromatic heterocycles. The van der Waals surface area contributed by atoms with Crippen LogP contribution in [0.2, 0.25) is 0 Å². The Balaban J connectivity index is 2.98. The number of phenolic OH excluding ortho intramolecular Hbond substituents is 1. The average Bonchev–Trinajstić information content (AvgIpc) is 2.05. The van der Waals surface area contributed by atoms with E-state index in [2.05, 4.69) is 6.58 Å². The smallest absolute Gasteiger partial charge is 0.150 e. The fourth-order valence-corrected chi connectivity index (χ4v) is 0.744. The monoisotopic (exact) mass is 148 g/mol. The van der Waals surface area contributed by atoms with Gasteiger partial charge in [0.15, 0.2) is 0 Å². The van der Waals surface area contributed by atoms with Crippen LogP contribution in [0.5, 0.6) is 5.75 Å². The van der Waals surface area contributed by atoms with Crippen molar-refractivity contribution in [3.05, 3.63) is 36.4 Å². The summed E-state index contributed by atoms with van der Waals surface area (Å²) in [6.45, 7) is 3.52. The van der Waals surface area contributed by atoms with E-state index in [4.69, 9.17) is 5.11 Å². The van der Waals surface area contributed by atoms with E-state index in [0.717, 1.165) is 5.56 Å². The molecule has 0 amide bonds. The summed E-state index contributed by atoms with van der Waals surface area (Å²) in [5.41, 5.74) is 1.16. The van der Waals surface area contributed by atoms with Gasteiger partial charge in [-0.15, -0.1) is 0 Å². The summed E-state index contributed by atoms with van der Waals surface area (Å²) in [6, 6.07) is 6.33. The van der Waals surface area contributed by atoms with Gasteiger partial charge in [-0.3, -0.25) is 4.79 Å². The fraction of sp³-hybridized carbons (Fsp3) is 0. The third-order valence-electron chi connectivity index (χ3n) is 1.38. The molecular formula is C9H8O2. The van der Waals surface area contributed by atoms with E-state index in [9.17, 15) is 4.79 Å². The number of aromatic hydroxyl groups is 1. The lowest BCUT2D eigenvalue weighted by molar-refractivity contribution is -0.103. The van der Waals surface area contributed by atoms with Crippen LogP contribution in [-0.4, -0.2) is 11.4 Å². The molecule has 0 saturated carbocycles. The largest absolute Gasteiger partial charge is 0.508 e. The minimum absolute atomic E-state index is 0.187. The molecule has 56 valence electrons. The summed E-state index contributed by atoms with van der Waals surface area (Å²) < 4.78 is 0. The Morgan fingerprint density at radius 2 is 1.91 bits per heavy atom. The molecule has 0 bridgehead atoms. The highest BCUT2D eigenvalue weighted by Crippen LogP contribution is 2.14. The number of aldehydes is 1. The number of hydrogen-bond donors (Lipinski definition) is 1. The van der Waals surface area contributed by atoms with Gasteiger partial charge in [0.1, 0.15) is 12.0 Å². The standard InChI is InChI=1S/C9H8O2/c1-7(6-10)8-2-4-9(11)5-3-8/h2-6,11H,1H2. The molecule has 0 saturated heterocycles. The zero-order chi connectivity index (χ0) is 8.27. The van der Waals surface area contributed by atoms with Crippen LogP contribution in [0.4, 0.5) is 0 Å². The van der Waals surface area contributed by atoms with Crippen LogP contribution in [0, 0.1) is 0 Å². The van der Waals surface area contributed by atoms with Gasteiger partial charge in [0.25, 0.3) is 0 Å². The van der Waals surface area contributed by atoms with Gasteiger partial charge in [0, 0.05) is 5.57 Å². The molecule has 0 atom stereocenters. The Labute approximate surface area is 64.8 Å². The van der Waals surface area contributed by atoms with Crippen molar-refractivity contribution in [3.8, 4) is 5.75 Å². The predicted molar refractivity (Wildman–Crippen MR) is 43.2 cm³/mol. The average molecular weight is 148 g/mol. The highest BCUT2D eigenvalue weighted by Gasteiger charge is 1.95. The lowest BCUT2D eigenvalue weighted by atomic mass is 10.1. The van der Waals surface area contributed by atoms with Gasteiger partial charge in [0.2, 0.25) is 0 Å². The second-order valence-electron chi connectivity index (χ2n) is 2.19. The SMILES string of the molecule is C=C(C=O)c1ccc(O)cc1. The molecule has 0 aliphatic rings. The molecule has 0 unspecified atom stereocenters. The first-order chi connectivity index (χ1) is 5.24. The van der Waals surface area contributed by atoms with E-state index in [1.54, 1.807) is 12.1 Å². The highest BCUT2D eigenvalue weighted by atomic mass is 16.3. The maximum atomic E-state index is 10.2. The highest BCUT2D eigenvalue weighted by molar-refractivity contribution is 6.05. The maximum absolute atomic E-state index is 10.2. The molecule has 2 nitrogen and oxygen atoms in total. The van der Waals surface area contributed by atoms with Crippen LogP contribution < -0.4 is 0 Å². The van der Waals surface area contributed by atoms with E-state index in [1.165, 1.54) is 12.1 Å². The second-order valence-corrected chi connectivity index (χ2v) is 2.19. The summed E-state index contributed by atoms with van der Waals surface area (Å²) in [5.74, 6) is 0.187. The van der Waals surface area contributed by atoms with Crippen molar-refractivity contribution in [1.82, 2.24) is 0 Å². The van der Waals surface area contributed by atoms with E-state index in [-0.39, 0.29) is 5.75 Å². The molecule has 11 heavy (non-hydrogen) atoms. The second kappa shape index (κ2) is 3.01. The number of carbonyl (C=O) groups excluding carboxylic acids is 1. The van der Waals surface area contributed by atoms with Gasteiger partial charge in [-0.1, -0.05) is 18.7 Å². The Kier molecular flexibility index (Phi) is 2.06. The fourth-order valence-electron chi connectivity index (χ4n) is 0.744. The van der Waals surface area contributed by atoms with E-state index < -0.39 is 0 Å². The number of allylic oxidation sites excluding steroid dienone is 1. The van der Waals surface area contributed by atoms with E-state index in [1.807, 2.05) is 0 Å². The van der Waals surface area contributed by atoms with Crippen LogP contribution in [0.3, 0.4) is 0 Å². The molecular weight excluding hydrogens is 140 g/mol. The van der Waals surface area contributed by atoms with Gasteiger partial charge >= 0.3 is 0 Å². The molecule has 1 aromatic rings. The van der Waals surface area contributed by atoms with E-state index >= 15 is 0 Å². The Morgan fingerprint density at radius 1 is 1.36 bits per heavy atom. The zero-order valence-electron chi connectivity index (χ0n) is 5.95. The first-order valence-electron chi connectivity index (χ1n) is 3.17. The number of hydrogen-bond acceptors (Lipinski definition) is 2. The molecule has 0 fully saturated rings. The van der Waals surface area contributed by atoms with Crippen LogP contribution >= 0.6 is 0 Å². The molecule has 0 aliphatic heterocycles. The Hall–Kier alpha value is -1.57. The van der Waals surface area contributed by atoms with E-state index in [0.29, 0.717) is 11.9 Å². The number of carbonyl (C=O) groups is 1.